The Morgan fingerprint density at radius 3 is 1.65 bits per heavy atom. The molecule has 62 heavy (non-hydrogen) atoms. The Bertz CT molecular complexity index is 3560. The molecule has 0 saturated carbocycles. The van der Waals surface area contributed by atoms with Gasteiger partial charge in [-0.1, -0.05) is 164 Å². The number of rotatable bonds is 7. The van der Waals surface area contributed by atoms with Gasteiger partial charge in [0.05, 0.1) is 16.7 Å². The third-order valence-corrected chi connectivity index (χ3v) is 12.9. The standard InChI is InChI=1S/C56H35N5S/c1-5-17-36(18-6-1)39-23-15-24-40(33-39)41-34-46(56-59-54(37-19-7-2-8-20-37)58-55(60-56)38-21-9-3-10-22-38)52(57-35-41)45-29-16-28-44-51-49(62-53(44)45)32-31-48-50(51)43-27-13-14-30-47(43)61(48)42-25-11-4-12-26-42/h1-35H. The second kappa shape index (κ2) is 14.9. The van der Waals surface area contributed by atoms with Crippen molar-refractivity contribution in [1.29, 1.82) is 0 Å². The maximum atomic E-state index is 5.39. The molecule has 6 heteroatoms. The normalized spacial score (nSPS) is 11.5. The fraction of sp³-hybridized carbons (Fsp3) is 0. The number of benzene rings is 8. The predicted octanol–water partition coefficient (Wildman–Crippen LogP) is 14.7. The zero-order chi connectivity index (χ0) is 41.0. The van der Waals surface area contributed by atoms with E-state index in [1.165, 1.54) is 42.0 Å². The average Bonchev–Trinajstić information content (AvgIpc) is 3.91. The molecule has 0 radical (unpaired) electrons. The molecule has 0 aliphatic heterocycles. The van der Waals surface area contributed by atoms with E-state index in [2.05, 4.69) is 144 Å². The molecule has 4 heterocycles. The molecule has 12 aromatic rings. The number of hydrogen-bond donors (Lipinski definition) is 0. The number of pyridine rings is 1. The number of nitrogens with zero attached hydrogens (tertiary/aromatic N) is 5. The van der Waals surface area contributed by atoms with E-state index in [-0.39, 0.29) is 0 Å². The number of fused-ring (bicyclic) bond motifs is 7. The Morgan fingerprint density at radius 1 is 0.371 bits per heavy atom. The van der Waals surface area contributed by atoms with Crippen LogP contribution in [0.5, 0.6) is 0 Å². The van der Waals surface area contributed by atoms with E-state index in [0.717, 1.165) is 55.9 Å². The summed E-state index contributed by atoms with van der Waals surface area (Å²) in [6.07, 6.45) is 2.00. The average molecular weight is 810 g/mol. The molecule has 4 aromatic heterocycles. The molecule has 8 aromatic carbocycles. The summed E-state index contributed by atoms with van der Waals surface area (Å²) in [7, 11) is 0. The van der Waals surface area contributed by atoms with Crippen LogP contribution in [-0.4, -0.2) is 24.5 Å². The number of thiophene rings is 1. The smallest absolute Gasteiger partial charge is 0.166 e. The fourth-order valence-corrected chi connectivity index (χ4v) is 10.1. The van der Waals surface area contributed by atoms with E-state index in [4.69, 9.17) is 19.9 Å². The Hall–Kier alpha value is -8.06. The van der Waals surface area contributed by atoms with Gasteiger partial charge in [-0.25, -0.2) is 15.0 Å². The molecule has 0 aliphatic carbocycles. The van der Waals surface area contributed by atoms with E-state index in [1.807, 2.05) is 84.3 Å². The first-order valence-corrected chi connectivity index (χ1v) is 21.5. The quantitative estimate of drug-likeness (QED) is 0.161. The summed E-state index contributed by atoms with van der Waals surface area (Å²) in [5.74, 6) is 1.77. The Morgan fingerprint density at radius 2 is 0.935 bits per heavy atom. The Balaban J connectivity index is 1.12. The van der Waals surface area contributed by atoms with Crippen LogP contribution in [0.2, 0.25) is 0 Å². The maximum absolute atomic E-state index is 5.39. The first kappa shape index (κ1) is 35.8. The van der Waals surface area contributed by atoms with E-state index in [0.29, 0.717) is 17.5 Å². The van der Waals surface area contributed by atoms with Crippen LogP contribution >= 0.6 is 11.3 Å². The van der Waals surface area contributed by atoms with Gasteiger partial charge in [0.15, 0.2) is 17.5 Å². The lowest BCUT2D eigenvalue weighted by Crippen LogP contribution is -2.02. The van der Waals surface area contributed by atoms with Crippen molar-refractivity contribution < 1.29 is 0 Å². The zero-order valence-electron chi connectivity index (χ0n) is 33.4. The lowest BCUT2D eigenvalue weighted by Gasteiger charge is -2.14. The minimum Gasteiger partial charge on any atom is -0.309 e. The maximum Gasteiger partial charge on any atom is 0.166 e. The molecule has 5 nitrogen and oxygen atoms in total. The second-order valence-electron chi connectivity index (χ2n) is 15.4. The van der Waals surface area contributed by atoms with Crippen LogP contribution in [0, 0.1) is 0 Å². The van der Waals surface area contributed by atoms with Gasteiger partial charge in [0, 0.05) is 70.6 Å². The highest BCUT2D eigenvalue weighted by atomic mass is 32.1. The molecule has 0 fully saturated rings. The lowest BCUT2D eigenvalue weighted by molar-refractivity contribution is 1.07. The van der Waals surface area contributed by atoms with Crippen LogP contribution in [0.3, 0.4) is 0 Å². The third kappa shape index (κ3) is 6.08. The summed E-state index contributed by atoms with van der Waals surface area (Å²) in [4.78, 5) is 20.9. The van der Waals surface area contributed by atoms with Gasteiger partial charge in [-0.15, -0.1) is 11.3 Å². The minimum atomic E-state index is 0.563. The Labute approximate surface area is 361 Å². The van der Waals surface area contributed by atoms with Crippen LogP contribution in [0.4, 0.5) is 0 Å². The topological polar surface area (TPSA) is 56.5 Å². The van der Waals surface area contributed by atoms with Crippen LogP contribution in [-0.2, 0) is 0 Å². The second-order valence-corrected chi connectivity index (χ2v) is 16.5. The molecule has 0 bridgehead atoms. The summed E-state index contributed by atoms with van der Waals surface area (Å²) in [5.41, 5.74) is 12.4. The monoisotopic (exact) mass is 809 g/mol. The van der Waals surface area contributed by atoms with Crippen molar-refractivity contribution in [1.82, 2.24) is 24.5 Å². The van der Waals surface area contributed by atoms with Crippen LogP contribution in [0.1, 0.15) is 0 Å². The van der Waals surface area contributed by atoms with Crippen molar-refractivity contribution in [2.75, 3.05) is 0 Å². The highest BCUT2D eigenvalue weighted by molar-refractivity contribution is 7.26. The van der Waals surface area contributed by atoms with Gasteiger partial charge < -0.3 is 4.57 Å². The van der Waals surface area contributed by atoms with Gasteiger partial charge in [-0.3, -0.25) is 4.98 Å². The van der Waals surface area contributed by atoms with Crippen molar-refractivity contribution in [2.24, 2.45) is 0 Å². The largest absolute Gasteiger partial charge is 0.309 e. The molecule has 0 amide bonds. The molecule has 0 spiro atoms. The highest BCUT2D eigenvalue weighted by Gasteiger charge is 2.23. The highest BCUT2D eigenvalue weighted by Crippen LogP contribution is 2.47. The number of hydrogen-bond acceptors (Lipinski definition) is 5. The Kier molecular flexibility index (Phi) is 8.61. The van der Waals surface area contributed by atoms with E-state index in [1.54, 1.807) is 0 Å². The number of aromatic nitrogens is 5. The van der Waals surface area contributed by atoms with Crippen molar-refractivity contribution in [2.45, 2.75) is 0 Å². The van der Waals surface area contributed by atoms with E-state index in [9.17, 15) is 0 Å². The van der Waals surface area contributed by atoms with Gasteiger partial charge in [0.2, 0.25) is 0 Å². The predicted molar refractivity (Wildman–Crippen MR) is 257 cm³/mol. The first-order chi connectivity index (χ1) is 30.7. The summed E-state index contributed by atoms with van der Waals surface area (Å²) >= 11 is 1.81. The van der Waals surface area contributed by atoms with Crippen molar-refractivity contribution in [3.05, 3.63) is 212 Å². The molecule has 0 atom stereocenters. The van der Waals surface area contributed by atoms with Gasteiger partial charge in [-0.2, -0.15) is 0 Å². The minimum absolute atomic E-state index is 0.563. The SMILES string of the molecule is c1ccc(-c2cccc(-c3cnc(-c4cccc5c4sc4ccc6c(c7ccccc7n6-c6ccccc6)c45)c(-c4nc(-c5ccccc5)nc(-c5ccccc5)n4)c3)c2)cc1. The summed E-state index contributed by atoms with van der Waals surface area (Å²) in [6.45, 7) is 0. The molecular formula is C56H35N5S. The molecule has 0 saturated heterocycles. The molecule has 0 aliphatic rings. The van der Waals surface area contributed by atoms with Crippen LogP contribution in [0.25, 0.3) is 115 Å². The summed E-state index contributed by atoms with van der Waals surface area (Å²) in [5, 5.41) is 4.94. The lowest BCUT2D eigenvalue weighted by atomic mass is 9.96. The first-order valence-electron chi connectivity index (χ1n) is 20.7. The summed E-state index contributed by atoms with van der Waals surface area (Å²) < 4.78 is 4.78. The van der Waals surface area contributed by atoms with Gasteiger partial charge in [-0.05, 0) is 59.2 Å². The van der Waals surface area contributed by atoms with Crippen molar-refractivity contribution in [3.8, 4) is 73.4 Å². The van der Waals surface area contributed by atoms with Gasteiger partial charge in [0.25, 0.3) is 0 Å². The van der Waals surface area contributed by atoms with Gasteiger partial charge >= 0.3 is 0 Å². The third-order valence-electron chi connectivity index (χ3n) is 11.7. The van der Waals surface area contributed by atoms with E-state index >= 15 is 0 Å². The molecule has 12 rings (SSSR count). The van der Waals surface area contributed by atoms with Crippen LogP contribution in [0.15, 0.2) is 212 Å². The summed E-state index contributed by atoms with van der Waals surface area (Å²) in [6, 6.07) is 72.2. The van der Waals surface area contributed by atoms with Crippen molar-refractivity contribution >= 4 is 53.3 Å². The zero-order valence-corrected chi connectivity index (χ0v) is 34.2. The molecule has 290 valence electrons. The fourth-order valence-electron chi connectivity index (χ4n) is 8.83. The van der Waals surface area contributed by atoms with Gasteiger partial charge in [0.1, 0.15) is 0 Å². The molecule has 0 unspecified atom stereocenters. The van der Waals surface area contributed by atoms with Crippen molar-refractivity contribution in [3.63, 3.8) is 0 Å². The molecule has 0 N–H and O–H groups in total. The van der Waals surface area contributed by atoms with Crippen LogP contribution < -0.4 is 0 Å². The van der Waals surface area contributed by atoms with E-state index < -0.39 is 0 Å². The number of para-hydroxylation sites is 2. The molecular weight excluding hydrogens is 775 g/mol.